The van der Waals surface area contributed by atoms with Gasteiger partial charge in [0.2, 0.25) is 5.91 Å². The van der Waals surface area contributed by atoms with Crippen molar-refractivity contribution in [1.82, 2.24) is 4.90 Å². The summed E-state index contributed by atoms with van der Waals surface area (Å²) in [6.07, 6.45) is 14.2. The summed E-state index contributed by atoms with van der Waals surface area (Å²) in [6, 6.07) is 3.23. The van der Waals surface area contributed by atoms with Crippen LogP contribution in [0.1, 0.15) is 93.8 Å². The molecule has 0 spiro atoms. The van der Waals surface area contributed by atoms with Crippen LogP contribution in [0.4, 0.5) is 5.69 Å². The first kappa shape index (κ1) is 24.5. The Kier molecular flexibility index (Phi) is 9.33. The van der Waals surface area contributed by atoms with E-state index in [0.717, 1.165) is 31.7 Å². The van der Waals surface area contributed by atoms with Crippen molar-refractivity contribution in [2.45, 2.75) is 95.6 Å². The SMILES string of the molecule is O=Cc1cc(OCCCCC(=O)N(C2CCCCC2)C2CCCCC2)c(Cl)cc1[N+](=O)[O-]. The largest absolute Gasteiger partial charge is 0.492 e. The van der Waals surface area contributed by atoms with Gasteiger partial charge in [0.1, 0.15) is 5.75 Å². The molecular weight excluding hydrogens is 432 g/mol. The number of amides is 1. The first-order valence-electron chi connectivity index (χ1n) is 11.9. The minimum Gasteiger partial charge on any atom is -0.492 e. The summed E-state index contributed by atoms with van der Waals surface area (Å²) in [5.74, 6) is 0.511. The van der Waals surface area contributed by atoms with E-state index in [-0.39, 0.29) is 27.9 Å². The Bertz CT molecular complexity index is 786. The highest BCUT2D eigenvalue weighted by Crippen LogP contribution is 2.33. The summed E-state index contributed by atoms with van der Waals surface area (Å²) < 4.78 is 5.65. The smallest absolute Gasteiger partial charge is 0.281 e. The second kappa shape index (κ2) is 12.2. The highest BCUT2D eigenvalue weighted by molar-refractivity contribution is 6.32. The van der Waals surface area contributed by atoms with E-state index >= 15 is 0 Å². The van der Waals surface area contributed by atoms with Crippen molar-refractivity contribution in [2.75, 3.05) is 6.61 Å². The minimum absolute atomic E-state index is 0.0693. The topological polar surface area (TPSA) is 89.8 Å². The molecule has 2 aliphatic carbocycles. The highest BCUT2D eigenvalue weighted by atomic mass is 35.5. The predicted molar refractivity (Wildman–Crippen MR) is 123 cm³/mol. The van der Waals surface area contributed by atoms with Gasteiger partial charge in [0.25, 0.3) is 5.69 Å². The lowest BCUT2D eigenvalue weighted by Gasteiger charge is -2.42. The molecular formula is C24H33ClN2O5. The number of hydrogen-bond acceptors (Lipinski definition) is 5. The molecule has 2 saturated carbocycles. The van der Waals surface area contributed by atoms with Gasteiger partial charge in [-0.05, 0) is 44.6 Å². The summed E-state index contributed by atoms with van der Waals surface area (Å²) in [6.45, 7) is 0.329. The summed E-state index contributed by atoms with van der Waals surface area (Å²) in [7, 11) is 0. The number of benzene rings is 1. The number of nitro groups is 1. The van der Waals surface area contributed by atoms with Crippen LogP contribution in [0, 0.1) is 10.1 Å². The van der Waals surface area contributed by atoms with E-state index in [4.69, 9.17) is 16.3 Å². The fourth-order valence-electron chi connectivity index (χ4n) is 5.04. The number of rotatable bonds is 10. The molecule has 0 heterocycles. The van der Waals surface area contributed by atoms with Crippen molar-refractivity contribution in [3.05, 3.63) is 32.8 Å². The van der Waals surface area contributed by atoms with Crippen molar-refractivity contribution in [3.63, 3.8) is 0 Å². The molecule has 0 aromatic heterocycles. The van der Waals surface area contributed by atoms with Gasteiger partial charge in [0.05, 0.1) is 22.1 Å². The van der Waals surface area contributed by atoms with E-state index < -0.39 is 4.92 Å². The van der Waals surface area contributed by atoms with Crippen molar-refractivity contribution in [1.29, 1.82) is 0 Å². The third-order valence-electron chi connectivity index (χ3n) is 6.67. The molecule has 1 amide bonds. The molecule has 2 aliphatic rings. The Balaban J connectivity index is 1.51. The number of unbranched alkanes of at least 4 members (excludes halogenated alkanes) is 1. The standard InChI is InChI=1S/C24H33ClN2O5/c25-21-16-22(27(30)31)18(17-28)15-23(21)32-14-8-7-13-24(29)26(19-9-3-1-4-10-19)20-11-5-2-6-12-20/h15-17,19-20H,1-14H2. The van der Waals surface area contributed by atoms with Crippen molar-refractivity contribution in [3.8, 4) is 5.75 Å². The summed E-state index contributed by atoms with van der Waals surface area (Å²) in [5.41, 5.74) is -0.409. The molecule has 176 valence electrons. The Labute approximate surface area is 194 Å². The molecule has 0 saturated heterocycles. The van der Waals surface area contributed by atoms with E-state index in [1.54, 1.807) is 0 Å². The Morgan fingerprint density at radius 2 is 1.66 bits per heavy atom. The van der Waals surface area contributed by atoms with Crippen LogP contribution in [0.25, 0.3) is 0 Å². The molecule has 32 heavy (non-hydrogen) atoms. The number of carbonyl (C=O) groups excluding carboxylic acids is 2. The van der Waals surface area contributed by atoms with Crippen molar-refractivity contribution >= 4 is 29.5 Å². The van der Waals surface area contributed by atoms with Crippen LogP contribution in [0.3, 0.4) is 0 Å². The third-order valence-corrected chi connectivity index (χ3v) is 6.97. The number of ether oxygens (including phenoxy) is 1. The normalized spacial score (nSPS) is 17.7. The van der Waals surface area contributed by atoms with Crippen LogP contribution in [-0.2, 0) is 4.79 Å². The van der Waals surface area contributed by atoms with Gasteiger partial charge < -0.3 is 9.64 Å². The number of hydrogen-bond donors (Lipinski definition) is 0. The minimum atomic E-state index is -0.643. The monoisotopic (exact) mass is 464 g/mol. The van der Waals surface area contributed by atoms with E-state index in [9.17, 15) is 19.7 Å². The molecule has 8 heteroatoms. The Morgan fingerprint density at radius 1 is 1.06 bits per heavy atom. The van der Waals surface area contributed by atoms with Crippen LogP contribution in [0.5, 0.6) is 5.75 Å². The summed E-state index contributed by atoms with van der Waals surface area (Å²) in [4.78, 5) is 36.9. The average Bonchev–Trinajstić information content (AvgIpc) is 2.81. The fourth-order valence-corrected chi connectivity index (χ4v) is 5.25. The first-order valence-corrected chi connectivity index (χ1v) is 12.3. The van der Waals surface area contributed by atoms with Crippen molar-refractivity contribution < 1.29 is 19.2 Å². The molecule has 2 fully saturated rings. The zero-order valence-corrected chi connectivity index (χ0v) is 19.4. The van der Waals surface area contributed by atoms with E-state index in [1.807, 2.05) is 0 Å². The molecule has 0 bridgehead atoms. The van der Waals surface area contributed by atoms with Gasteiger partial charge in [0, 0.05) is 24.6 Å². The highest BCUT2D eigenvalue weighted by Gasteiger charge is 2.31. The van der Waals surface area contributed by atoms with E-state index in [1.165, 1.54) is 44.6 Å². The molecule has 1 aromatic rings. The number of carbonyl (C=O) groups is 2. The van der Waals surface area contributed by atoms with Crippen LogP contribution >= 0.6 is 11.6 Å². The van der Waals surface area contributed by atoms with Gasteiger partial charge in [-0.25, -0.2) is 0 Å². The van der Waals surface area contributed by atoms with Gasteiger partial charge in [-0.1, -0.05) is 50.1 Å². The molecule has 1 aromatic carbocycles. The molecule has 0 aliphatic heterocycles. The maximum Gasteiger partial charge on any atom is 0.281 e. The van der Waals surface area contributed by atoms with E-state index in [2.05, 4.69) is 4.90 Å². The number of halogens is 1. The van der Waals surface area contributed by atoms with Crippen LogP contribution in [-0.4, -0.2) is 40.7 Å². The molecule has 0 atom stereocenters. The van der Waals surface area contributed by atoms with Crippen LogP contribution in [0.15, 0.2) is 12.1 Å². The van der Waals surface area contributed by atoms with Crippen LogP contribution in [0.2, 0.25) is 5.02 Å². The number of nitro benzene ring substituents is 1. The van der Waals surface area contributed by atoms with Gasteiger partial charge in [-0.2, -0.15) is 0 Å². The molecule has 3 rings (SSSR count). The Morgan fingerprint density at radius 3 is 2.19 bits per heavy atom. The number of nitrogens with zero attached hydrogens (tertiary/aromatic N) is 2. The maximum atomic E-state index is 13.2. The first-order chi connectivity index (χ1) is 15.5. The summed E-state index contributed by atoms with van der Waals surface area (Å²) in [5, 5.41) is 11.1. The zero-order valence-electron chi connectivity index (χ0n) is 18.6. The lowest BCUT2D eigenvalue weighted by molar-refractivity contribution is -0.385. The molecule has 0 radical (unpaired) electrons. The predicted octanol–water partition coefficient (Wildman–Crippen LogP) is 6.10. The number of aldehydes is 1. The van der Waals surface area contributed by atoms with E-state index in [0.29, 0.717) is 44.2 Å². The maximum absolute atomic E-state index is 13.2. The lowest BCUT2D eigenvalue weighted by Crippen LogP contribution is -2.48. The second-order valence-corrected chi connectivity index (χ2v) is 9.31. The van der Waals surface area contributed by atoms with Gasteiger partial charge in [-0.3, -0.25) is 19.7 Å². The average molecular weight is 465 g/mol. The van der Waals surface area contributed by atoms with Crippen molar-refractivity contribution in [2.24, 2.45) is 0 Å². The lowest BCUT2D eigenvalue weighted by atomic mass is 9.88. The Hall–Kier alpha value is -2.15. The van der Waals surface area contributed by atoms with Gasteiger partial charge >= 0.3 is 0 Å². The third kappa shape index (κ3) is 6.44. The van der Waals surface area contributed by atoms with Gasteiger partial charge in [0.15, 0.2) is 6.29 Å². The van der Waals surface area contributed by atoms with Crippen LogP contribution < -0.4 is 4.74 Å². The second-order valence-electron chi connectivity index (χ2n) is 8.91. The molecule has 0 unspecified atom stereocenters. The fraction of sp³-hybridized carbons (Fsp3) is 0.667. The molecule has 0 N–H and O–H groups in total. The summed E-state index contributed by atoms with van der Waals surface area (Å²) >= 11 is 6.07. The van der Waals surface area contributed by atoms with Gasteiger partial charge in [-0.15, -0.1) is 0 Å². The molecule has 7 nitrogen and oxygen atoms in total. The zero-order chi connectivity index (χ0) is 22.9. The quantitative estimate of drug-likeness (QED) is 0.180.